The van der Waals surface area contributed by atoms with Gasteiger partial charge in [-0.1, -0.05) is 15.9 Å². The summed E-state index contributed by atoms with van der Waals surface area (Å²) in [5.74, 6) is -0.534. The van der Waals surface area contributed by atoms with Gasteiger partial charge in [0.2, 0.25) is 0 Å². The first-order valence-electron chi connectivity index (χ1n) is 5.45. The summed E-state index contributed by atoms with van der Waals surface area (Å²) in [7, 11) is 0. The quantitative estimate of drug-likeness (QED) is 0.776. The number of benzene rings is 1. The molecule has 2 nitrogen and oxygen atoms in total. The highest BCUT2D eigenvalue weighted by Crippen LogP contribution is 2.33. The third-order valence-corrected chi connectivity index (χ3v) is 3.68. The average molecular weight is 284 g/mol. The molecule has 1 aromatic rings. The van der Waals surface area contributed by atoms with E-state index in [4.69, 9.17) is 0 Å². The Labute approximate surface area is 102 Å². The van der Waals surface area contributed by atoms with Crippen LogP contribution in [0.4, 0.5) is 4.39 Å². The van der Waals surface area contributed by atoms with Crippen LogP contribution in [0.25, 0.3) is 0 Å². The van der Waals surface area contributed by atoms with Crippen LogP contribution < -0.4 is 0 Å². The van der Waals surface area contributed by atoms with Crippen LogP contribution in [0.3, 0.4) is 0 Å². The fourth-order valence-corrected chi connectivity index (χ4v) is 2.76. The van der Waals surface area contributed by atoms with Gasteiger partial charge in [-0.25, -0.2) is 4.39 Å². The van der Waals surface area contributed by atoms with Gasteiger partial charge in [-0.3, -0.25) is 4.79 Å². The molecular weight excluding hydrogens is 273 g/mol. The monoisotopic (exact) mass is 283 g/mol. The van der Waals surface area contributed by atoms with Crippen molar-refractivity contribution in [1.29, 1.82) is 0 Å². The molecule has 1 aliphatic carbocycles. The molecule has 0 aromatic heterocycles. The molecule has 1 aromatic carbocycles. The summed E-state index contributed by atoms with van der Waals surface area (Å²) in [6, 6.07) is 3.58. The highest BCUT2D eigenvalue weighted by atomic mass is 79.9. The Hall–Kier alpha value is -0.900. The maximum absolute atomic E-state index is 13.8. The van der Waals surface area contributed by atoms with Gasteiger partial charge < -0.3 is 4.90 Å². The second kappa shape index (κ2) is 3.55. The van der Waals surface area contributed by atoms with Crippen molar-refractivity contribution >= 4 is 21.8 Å². The highest BCUT2D eigenvalue weighted by Gasteiger charge is 2.37. The molecule has 1 saturated carbocycles. The number of halogens is 2. The van der Waals surface area contributed by atoms with Crippen molar-refractivity contribution in [1.82, 2.24) is 4.90 Å². The van der Waals surface area contributed by atoms with Crippen LogP contribution in [-0.2, 0) is 6.42 Å². The van der Waals surface area contributed by atoms with Crippen molar-refractivity contribution in [2.45, 2.75) is 25.3 Å². The van der Waals surface area contributed by atoms with Gasteiger partial charge in [0.25, 0.3) is 5.91 Å². The Morgan fingerprint density at radius 3 is 2.81 bits per heavy atom. The zero-order chi connectivity index (χ0) is 11.3. The van der Waals surface area contributed by atoms with E-state index < -0.39 is 5.82 Å². The Morgan fingerprint density at radius 1 is 1.38 bits per heavy atom. The number of carbonyl (C=O) groups is 1. The summed E-state index contributed by atoms with van der Waals surface area (Å²) in [6.07, 6.45) is 2.90. The van der Waals surface area contributed by atoms with Crippen LogP contribution in [0.5, 0.6) is 0 Å². The first kappa shape index (κ1) is 10.3. The van der Waals surface area contributed by atoms with E-state index in [-0.39, 0.29) is 11.5 Å². The topological polar surface area (TPSA) is 20.3 Å². The number of rotatable bonds is 1. The molecule has 1 aliphatic heterocycles. The van der Waals surface area contributed by atoms with E-state index in [0.717, 1.165) is 31.4 Å². The number of carbonyl (C=O) groups excluding carboxylic acids is 1. The third-order valence-electron chi connectivity index (χ3n) is 3.22. The van der Waals surface area contributed by atoms with E-state index in [1.165, 1.54) is 6.07 Å². The Morgan fingerprint density at radius 2 is 2.12 bits per heavy atom. The molecule has 2 aliphatic rings. The molecule has 0 bridgehead atoms. The minimum absolute atomic E-state index is 0.131. The lowest BCUT2D eigenvalue weighted by Gasteiger charge is -2.28. The number of amides is 1. The van der Waals surface area contributed by atoms with Gasteiger partial charge in [0, 0.05) is 17.1 Å². The van der Waals surface area contributed by atoms with Gasteiger partial charge in [-0.05, 0) is 37.0 Å². The summed E-state index contributed by atoms with van der Waals surface area (Å²) in [5, 5.41) is 0. The van der Waals surface area contributed by atoms with Gasteiger partial charge in [0.15, 0.2) is 0 Å². The van der Waals surface area contributed by atoms with E-state index in [1.807, 2.05) is 11.0 Å². The lowest BCUT2D eigenvalue weighted by Crippen LogP contribution is -2.39. The molecule has 16 heavy (non-hydrogen) atoms. The lowest BCUT2D eigenvalue weighted by atomic mass is 9.98. The van der Waals surface area contributed by atoms with Gasteiger partial charge in [0.05, 0.1) is 5.56 Å². The fourth-order valence-electron chi connectivity index (χ4n) is 2.28. The largest absolute Gasteiger partial charge is 0.335 e. The smallest absolute Gasteiger partial charge is 0.257 e. The molecule has 0 radical (unpaired) electrons. The number of hydrogen-bond acceptors (Lipinski definition) is 1. The van der Waals surface area contributed by atoms with Crippen molar-refractivity contribution in [3.63, 3.8) is 0 Å². The summed E-state index contributed by atoms with van der Waals surface area (Å²) in [6.45, 7) is 0.729. The molecule has 0 unspecified atom stereocenters. The van der Waals surface area contributed by atoms with E-state index in [0.29, 0.717) is 10.5 Å². The number of fused-ring (bicyclic) bond motifs is 1. The Kier molecular flexibility index (Phi) is 2.28. The molecule has 1 amide bonds. The number of nitrogens with zero attached hydrogens (tertiary/aromatic N) is 1. The molecule has 1 fully saturated rings. The van der Waals surface area contributed by atoms with E-state index in [1.54, 1.807) is 0 Å². The summed E-state index contributed by atoms with van der Waals surface area (Å²) in [4.78, 5) is 13.9. The van der Waals surface area contributed by atoms with Crippen LogP contribution >= 0.6 is 15.9 Å². The van der Waals surface area contributed by atoms with Gasteiger partial charge in [-0.15, -0.1) is 0 Å². The average Bonchev–Trinajstić information content (AvgIpc) is 3.00. The van der Waals surface area contributed by atoms with Gasteiger partial charge >= 0.3 is 0 Å². The Balaban J connectivity index is 2.05. The van der Waals surface area contributed by atoms with Crippen molar-refractivity contribution in [2.75, 3.05) is 6.54 Å². The van der Waals surface area contributed by atoms with Crippen molar-refractivity contribution < 1.29 is 9.18 Å². The zero-order valence-corrected chi connectivity index (χ0v) is 10.3. The second-order valence-electron chi connectivity index (χ2n) is 4.40. The minimum atomic E-state index is -0.403. The zero-order valence-electron chi connectivity index (χ0n) is 8.67. The van der Waals surface area contributed by atoms with Crippen LogP contribution in [-0.4, -0.2) is 23.4 Å². The predicted molar refractivity (Wildman–Crippen MR) is 61.9 cm³/mol. The van der Waals surface area contributed by atoms with E-state index in [2.05, 4.69) is 15.9 Å². The first-order chi connectivity index (χ1) is 7.66. The molecule has 3 rings (SSSR count). The van der Waals surface area contributed by atoms with Crippen molar-refractivity contribution in [2.24, 2.45) is 0 Å². The van der Waals surface area contributed by atoms with Crippen LogP contribution in [0.15, 0.2) is 16.6 Å². The molecule has 0 N–H and O–H groups in total. The summed E-state index contributed by atoms with van der Waals surface area (Å²) >= 11 is 3.25. The molecule has 1 heterocycles. The van der Waals surface area contributed by atoms with Gasteiger partial charge in [-0.2, -0.15) is 0 Å². The summed E-state index contributed by atoms with van der Waals surface area (Å²) in [5.41, 5.74) is 1.11. The van der Waals surface area contributed by atoms with Crippen LogP contribution in [0.2, 0.25) is 0 Å². The maximum atomic E-state index is 13.8. The Bertz CT molecular complexity index is 470. The molecule has 84 valence electrons. The highest BCUT2D eigenvalue weighted by molar-refractivity contribution is 9.10. The first-order valence-corrected chi connectivity index (χ1v) is 6.25. The molecule has 0 spiro atoms. The lowest BCUT2D eigenvalue weighted by molar-refractivity contribution is 0.0721. The SMILES string of the molecule is O=C1c2c(F)cc(Br)cc2CCN1C1CC1. The second-order valence-corrected chi connectivity index (χ2v) is 5.32. The van der Waals surface area contributed by atoms with Crippen LogP contribution in [0, 0.1) is 5.82 Å². The van der Waals surface area contributed by atoms with Crippen molar-refractivity contribution in [3.8, 4) is 0 Å². The van der Waals surface area contributed by atoms with E-state index in [9.17, 15) is 9.18 Å². The molecule has 4 heteroatoms. The van der Waals surface area contributed by atoms with Crippen LogP contribution in [0.1, 0.15) is 28.8 Å². The third kappa shape index (κ3) is 1.56. The predicted octanol–water partition coefficient (Wildman–Crippen LogP) is 2.75. The molecule has 0 saturated heterocycles. The number of hydrogen-bond donors (Lipinski definition) is 0. The fraction of sp³-hybridized carbons (Fsp3) is 0.417. The van der Waals surface area contributed by atoms with Crippen molar-refractivity contribution in [3.05, 3.63) is 33.5 Å². The van der Waals surface area contributed by atoms with E-state index >= 15 is 0 Å². The molecular formula is C12H11BrFNO. The molecule has 0 atom stereocenters. The maximum Gasteiger partial charge on any atom is 0.257 e. The standard InChI is InChI=1S/C12H11BrFNO/c13-8-5-7-3-4-15(9-1-2-9)12(16)11(7)10(14)6-8/h5-6,9H,1-4H2. The minimum Gasteiger partial charge on any atom is -0.335 e. The normalized spacial score (nSPS) is 19.9. The summed E-state index contributed by atoms with van der Waals surface area (Å²) < 4.78 is 14.5. The van der Waals surface area contributed by atoms with Gasteiger partial charge in [0.1, 0.15) is 5.82 Å².